The van der Waals surface area contributed by atoms with Gasteiger partial charge in [-0.25, -0.2) is 0 Å². The van der Waals surface area contributed by atoms with Crippen LogP contribution in [0, 0.1) is 0 Å². The summed E-state index contributed by atoms with van der Waals surface area (Å²) in [5.74, 6) is -0.480. The number of hydrogen-bond acceptors (Lipinski definition) is 4. The number of aliphatic hydroxyl groups is 1. The van der Waals surface area contributed by atoms with Gasteiger partial charge in [-0.2, -0.15) is 13.2 Å². The van der Waals surface area contributed by atoms with E-state index >= 15 is 0 Å². The van der Waals surface area contributed by atoms with Crippen molar-refractivity contribution in [3.05, 3.63) is 47.2 Å². The first-order valence-corrected chi connectivity index (χ1v) is 9.96. The van der Waals surface area contributed by atoms with Crippen LogP contribution in [0.4, 0.5) is 13.2 Å². The van der Waals surface area contributed by atoms with E-state index in [9.17, 15) is 18.0 Å². The van der Waals surface area contributed by atoms with Gasteiger partial charge < -0.3 is 19.9 Å². The lowest BCUT2D eigenvalue weighted by Gasteiger charge is -2.31. The van der Waals surface area contributed by atoms with Crippen molar-refractivity contribution in [1.29, 1.82) is 0 Å². The minimum Gasteiger partial charge on any atom is -0.459 e. The molecule has 0 unspecified atom stereocenters. The number of rotatable bonds is 8. The quantitative estimate of drug-likeness (QED) is 0.635. The van der Waals surface area contributed by atoms with Crippen LogP contribution in [0.5, 0.6) is 0 Å². The minimum absolute atomic E-state index is 0.0675. The molecule has 0 aromatic heterocycles. The Hall–Kier alpha value is -2.06. The Balaban J connectivity index is 1.73. The number of ether oxygens (including phenoxy) is 2. The number of halogens is 3. The number of benzene rings is 1. The SMILES string of the molecule is O=C(NC1CCC1)C1=C[C@@H](c2ccc(C(F)(F)F)cc2)C[C@@H](OCCCCO)O1. The van der Waals surface area contributed by atoms with E-state index in [1.807, 2.05) is 0 Å². The first-order chi connectivity index (χ1) is 13.9. The summed E-state index contributed by atoms with van der Waals surface area (Å²) in [6, 6.07) is 5.09. The maximum absolute atomic E-state index is 12.8. The van der Waals surface area contributed by atoms with Gasteiger partial charge in [0.25, 0.3) is 5.91 Å². The molecule has 29 heavy (non-hydrogen) atoms. The summed E-state index contributed by atoms with van der Waals surface area (Å²) in [7, 11) is 0. The number of unbranched alkanes of at least 4 members (excludes halogenated alkanes) is 1. The van der Waals surface area contributed by atoms with Crippen molar-refractivity contribution < 1.29 is 32.5 Å². The number of carbonyl (C=O) groups is 1. The van der Waals surface area contributed by atoms with E-state index in [1.165, 1.54) is 12.1 Å². The number of amides is 1. The van der Waals surface area contributed by atoms with Crippen molar-refractivity contribution in [1.82, 2.24) is 5.32 Å². The largest absolute Gasteiger partial charge is 0.459 e. The van der Waals surface area contributed by atoms with Crippen LogP contribution in [0.15, 0.2) is 36.1 Å². The molecule has 0 spiro atoms. The standard InChI is InChI=1S/C21H26F3NO4/c22-21(23,24)16-8-6-14(7-9-16)15-12-18(20(27)25-17-4-3-5-17)29-19(13-15)28-11-2-1-10-26/h6-9,12,15,17,19,26H,1-5,10-11,13H2,(H,25,27)/t15-,19+/m1/s1. The second-order valence-electron chi connectivity index (χ2n) is 7.44. The molecule has 8 heteroatoms. The maximum atomic E-state index is 12.8. The Labute approximate surface area is 167 Å². The van der Waals surface area contributed by atoms with E-state index in [0.29, 0.717) is 31.4 Å². The Morgan fingerprint density at radius 2 is 1.93 bits per heavy atom. The van der Waals surface area contributed by atoms with E-state index < -0.39 is 18.0 Å². The monoisotopic (exact) mass is 413 g/mol. The lowest BCUT2D eigenvalue weighted by molar-refractivity contribution is -0.147. The molecule has 160 valence electrons. The summed E-state index contributed by atoms with van der Waals surface area (Å²) in [4.78, 5) is 12.5. The van der Waals surface area contributed by atoms with Crippen LogP contribution in [0.1, 0.15) is 55.6 Å². The highest BCUT2D eigenvalue weighted by atomic mass is 19.4. The first kappa shape index (κ1) is 21.6. The zero-order chi connectivity index (χ0) is 20.9. The minimum atomic E-state index is -4.39. The number of nitrogens with one attached hydrogen (secondary N) is 1. The molecule has 1 aliphatic heterocycles. The summed E-state index contributed by atoms with van der Waals surface area (Å²) < 4.78 is 49.9. The van der Waals surface area contributed by atoms with E-state index in [4.69, 9.17) is 14.6 Å². The van der Waals surface area contributed by atoms with Crippen LogP contribution in [0.2, 0.25) is 0 Å². The van der Waals surface area contributed by atoms with Gasteiger partial charge >= 0.3 is 6.18 Å². The Morgan fingerprint density at radius 1 is 1.21 bits per heavy atom. The molecule has 5 nitrogen and oxygen atoms in total. The van der Waals surface area contributed by atoms with Gasteiger partial charge in [0.05, 0.1) is 12.2 Å². The second-order valence-corrected chi connectivity index (χ2v) is 7.44. The van der Waals surface area contributed by atoms with Crippen molar-refractivity contribution >= 4 is 5.91 Å². The first-order valence-electron chi connectivity index (χ1n) is 9.96. The van der Waals surface area contributed by atoms with Crippen LogP contribution >= 0.6 is 0 Å². The molecule has 1 fully saturated rings. The summed E-state index contributed by atoms with van der Waals surface area (Å²) >= 11 is 0. The van der Waals surface area contributed by atoms with Gasteiger partial charge in [0, 0.05) is 25.0 Å². The molecule has 1 aliphatic carbocycles. The van der Waals surface area contributed by atoms with Gasteiger partial charge in [0.1, 0.15) is 0 Å². The highest BCUT2D eigenvalue weighted by Gasteiger charge is 2.32. The van der Waals surface area contributed by atoms with E-state index in [0.717, 1.165) is 31.4 Å². The van der Waals surface area contributed by atoms with Crippen LogP contribution in [-0.2, 0) is 20.4 Å². The van der Waals surface area contributed by atoms with Crippen LogP contribution in [0.25, 0.3) is 0 Å². The van der Waals surface area contributed by atoms with E-state index in [-0.39, 0.29) is 30.2 Å². The average Bonchev–Trinajstić information content (AvgIpc) is 2.67. The lowest BCUT2D eigenvalue weighted by atomic mass is 9.91. The lowest BCUT2D eigenvalue weighted by Crippen LogP contribution is -2.42. The third-order valence-corrected chi connectivity index (χ3v) is 5.24. The Bertz CT molecular complexity index is 714. The highest BCUT2D eigenvalue weighted by Crippen LogP contribution is 2.34. The number of alkyl halides is 3. The molecule has 0 radical (unpaired) electrons. The van der Waals surface area contributed by atoms with Crippen molar-refractivity contribution in [3.63, 3.8) is 0 Å². The molecular weight excluding hydrogens is 387 g/mol. The number of allylic oxidation sites excluding steroid dienone is 1. The fraction of sp³-hybridized carbons (Fsp3) is 0.571. The molecule has 1 amide bonds. The summed E-state index contributed by atoms with van der Waals surface area (Å²) in [5.41, 5.74) is -0.0451. The van der Waals surface area contributed by atoms with Gasteiger partial charge in [-0.3, -0.25) is 4.79 Å². The molecule has 1 saturated carbocycles. The summed E-state index contributed by atoms with van der Waals surface area (Å²) in [5, 5.41) is 11.8. The molecule has 2 aliphatic rings. The number of aliphatic hydroxyl groups excluding tert-OH is 1. The molecule has 2 N–H and O–H groups in total. The molecule has 0 saturated heterocycles. The number of carbonyl (C=O) groups excluding carboxylic acids is 1. The van der Waals surface area contributed by atoms with Crippen molar-refractivity contribution in [3.8, 4) is 0 Å². The molecule has 1 aromatic carbocycles. The van der Waals surface area contributed by atoms with Gasteiger partial charge in [-0.1, -0.05) is 12.1 Å². The van der Waals surface area contributed by atoms with Gasteiger partial charge in [0.2, 0.25) is 6.29 Å². The Morgan fingerprint density at radius 3 is 2.52 bits per heavy atom. The predicted molar refractivity (Wildman–Crippen MR) is 99.8 cm³/mol. The molecule has 2 atom stereocenters. The molecule has 0 bridgehead atoms. The Kier molecular flexibility index (Phi) is 7.18. The van der Waals surface area contributed by atoms with Crippen LogP contribution < -0.4 is 5.32 Å². The average molecular weight is 413 g/mol. The number of hydrogen-bond donors (Lipinski definition) is 2. The third-order valence-electron chi connectivity index (χ3n) is 5.24. The molecule has 1 aromatic rings. The van der Waals surface area contributed by atoms with Crippen molar-refractivity contribution in [2.75, 3.05) is 13.2 Å². The zero-order valence-corrected chi connectivity index (χ0v) is 16.1. The second kappa shape index (κ2) is 9.63. The predicted octanol–water partition coefficient (Wildman–Crippen LogP) is 3.88. The molecule has 1 heterocycles. The van der Waals surface area contributed by atoms with Gasteiger partial charge in [0.15, 0.2) is 5.76 Å². The molecule has 3 rings (SSSR count). The summed E-state index contributed by atoms with van der Waals surface area (Å²) in [6.45, 7) is 0.431. The summed E-state index contributed by atoms with van der Waals surface area (Å²) in [6.07, 6.45) is 1.17. The fourth-order valence-corrected chi connectivity index (χ4v) is 3.31. The fourth-order valence-electron chi connectivity index (χ4n) is 3.31. The van der Waals surface area contributed by atoms with Gasteiger partial charge in [-0.15, -0.1) is 0 Å². The smallest absolute Gasteiger partial charge is 0.416 e. The van der Waals surface area contributed by atoms with Gasteiger partial charge in [-0.05, 0) is 55.9 Å². The van der Waals surface area contributed by atoms with Crippen molar-refractivity contribution in [2.45, 2.75) is 63.0 Å². The molecular formula is C21H26F3NO4. The highest BCUT2D eigenvalue weighted by molar-refractivity contribution is 5.92. The van der Waals surface area contributed by atoms with Crippen molar-refractivity contribution in [2.24, 2.45) is 0 Å². The maximum Gasteiger partial charge on any atom is 0.416 e. The van der Waals surface area contributed by atoms with E-state index in [2.05, 4.69) is 5.32 Å². The normalized spacial score (nSPS) is 22.4. The topological polar surface area (TPSA) is 67.8 Å². The van der Waals surface area contributed by atoms with Crippen LogP contribution in [-0.4, -0.2) is 36.6 Å². The van der Waals surface area contributed by atoms with Crippen LogP contribution in [0.3, 0.4) is 0 Å². The van der Waals surface area contributed by atoms with E-state index in [1.54, 1.807) is 6.08 Å². The zero-order valence-electron chi connectivity index (χ0n) is 16.1. The third kappa shape index (κ3) is 5.96.